The number of benzene rings is 1. The van der Waals surface area contributed by atoms with Crippen molar-refractivity contribution < 1.29 is 23.5 Å². The van der Waals surface area contributed by atoms with Gasteiger partial charge in [0.1, 0.15) is 29.1 Å². The van der Waals surface area contributed by atoms with Gasteiger partial charge in [0.05, 0.1) is 5.69 Å². The quantitative estimate of drug-likeness (QED) is 0.764. The van der Waals surface area contributed by atoms with Crippen LogP contribution in [0.4, 0.5) is 20.7 Å². The van der Waals surface area contributed by atoms with Crippen LogP contribution in [0.25, 0.3) is 11.1 Å². The van der Waals surface area contributed by atoms with Crippen LogP contribution in [-0.4, -0.2) is 29.1 Å². The van der Waals surface area contributed by atoms with E-state index < -0.39 is 17.5 Å². The lowest BCUT2D eigenvalue weighted by Gasteiger charge is -2.28. The summed E-state index contributed by atoms with van der Waals surface area (Å²) in [6.07, 6.45) is 1.77. The number of fused-ring (bicyclic) bond motifs is 3. The lowest BCUT2D eigenvalue weighted by Crippen LogP contribution is -2.27. The molecule has 1 aromatic heterocycles. The highest BCUT2D eigenvalue weighted by Crippen LogP contribution is 2.45. The number of amides is 2. The van der Waals surface area contributed by atoms with Gasteiger partial charge < -0.3 is 14.4 Å². The van der Waals surface area contributed by atoms with Crippen LogP contribution >= 0.6 is 0 Å². The van der Waals surface area contributed by atoms with E-state index in [-0.39, 0.29) is 17.7 Å². The van der Waals surface area contributed by atoms with E-state index in [9.17, 15) is 14.0 Å². The molecule has 0 spiro atoms. The van der Waals surface area contributed by atoms with Gasteiger partial charge in [0.25, 0.3) is 0 Å². The SMILES string of the molecule is CC1Oc2cc(N3CCCC3=O)c(F)cc2-c2cnc(NC(=O)OC(C)(C)C)cc21. The Labute approximate surface area is 174 Å². The summed E-state index contributed by atoms with van der Waals surface area (Å²) in [5.74, 6) is 0.254. The van der Waals surface area contributed by atoms with Gasteiger partial charge in [0.15, 0.2) is 0 Å². The van der Waals surface area contributed by atoms with Crippen LogP contribution in [0.2, 0.25) is 0 Å². The number of halogens is 1. The van der Waals surface area contributed by atoms with Crippen molar-refractivity contribution in [3.05, 3.63) is 35.8 Å². The molecule has 3 heterocycles. The van der Waals surface area contributed by atoms with Crippen LogP contribution in [0, 0.1) is 5.82 Å². The maximum atomic E-state index is 14.9. The molecule has 0 bridgehead atoms. The molecule has 2 amide bonds. The zero-order valence-electron chi connectivity index (χ0n) is 17.4. The molecule has 0 radical (unpaired) electrons. The van der Waals surface area contributed by atoms with Crippen molar-refractivity contribution in [1.29, 1.82) is 0 Å². The number of carbonyl (C=O) groups is 2. The molecule has 2 aliphatic rings. The molecule has 7 nitrogen and oxygen atoms in total. The monoisotopic (exact) mass is 413 g/mol. The fourth-order valence-corrected chi connectivity index (χ4v) is 3.72. The van der Waals surface area contributed by atoms with Crippen LogP contribution in [0.15, 0.2) is 24.4 Å². The second-order valence-electron chi connectivity index (χ2n) is 8.49. The molecular weight excluding hydrogens is 389 g/mol. The first kappa shape index (κ1) is 20.1. The van der Waals surface area contributed by atoms with Gasteiger partial charge in [0.2, 0.25) is 5.91 Å². The molecule has 1 atom stereocenters. The molecule has 0 aliphatic carbocycles. The number of hydrogen-bond acceptors (Lipinski definition) is 5. The lowest BCUT2D eigenvalue weighted by molar-refractivity contribution is -0.117. The minimum absolute atomic E-state index is 0.0855. The van der Waals surface area contributed by atoms with Crippen molar-refractivity contribution in [2.45, 2.75) is 52.2 Å². The summed E-state index contributed by atoms with van der Waals surface area (Å²) >= 11 is 0. The molecule has 1 aromatic carbocycles. The zero-order valence-corrected chi connectivity index (χ0v) is 17.4. The van der Waals surface area contributed by atoms with E-state index in [2.05, 4.69) is 10.3 Å². The predicted octanol–water partition coefficient (Wildman–Crippen LogP) is 4.81. The first-order valence-corrected chi connectivity index (χ1v) is 9.93. The van der Waals surface area contributed by atoms with E-state index in [1.807, 2.05) is 6.92 Å². The standard InChI is InChI=1S/C22H24FN3O4/c1-12-13-9-19(25-21(28)30-22(2,3)4)24-11-15(13)14-8-16(23)17(10-18(14)29-12)26-7-5-6-20(26)27/h8-12H,5-7H2,1-4H3,(H,24,25,28). The Morgan fingerprint density at radius 1 is 1.30 bits per heavy atom. The number of rotatable bonds is 2. The van der Waals surface area contributed by atoms with Gasteiger partial charge in [-0.15, -0.1) is 0 Å². The van der Waals surface area contributed by atoms with Gasteiger partial charge in [0, 0.05) is 41.9 Å². The van der Waals surface area contributed by atoms with Crippen molar-refractivity contribution in [2.24, 2.45) is 0 Å². The lowest BCUT2D eigenvalue weighted by atomic mass is 9.94. The van der Waals surface area contributed by atoms with Gasteiger partial charge in [-0.25, -0.2) is 14.2 Å². The Kier molecular flexibility index (Phi) is 4.88. The highest BCUT2D eigenvalue weighted by molar-refractivity contribution is 5.96. The summed E-state index contributed by atoms with van der Waals surface area (Å²) in [7, 11) is 0. The Balaban J connectivity index is 1.66. The molecule has 0 saturated carbocycles. The maximum absolute atomic E-state index is 14.9. The molecule has 30 heavy (non-hydrogen) atoms. The summed E-state index contributed by atoms with van der Waals surface area (Å²) in [4.78, 5) is 29.8. The molecule has 158 valence electrons. The Bertz CT molecular complexity index is 1030. The van der Waals surface area contributed by atoms with Gasteiger partial charge in [-0.3, -0.25) is 10.1 Å². The average molecular weight is 413 g/mol. The summed E-state index contributed by atoms with van der Waals surface area (Å²) in [5.41, 5.74) is 1.67. The fraction of sp³-hybridized carbons (Fsp3) is 0.409. The third kappa shape index (κ3) is 3.81. The number of hydrogen-bond donors (Lipinski definition) is 1. The van der Waals surface area contributed by atoms with Gasteiger partial charge >= 0.3 is 6.09 Å². The third-order valence-corrected chi connectivity index (χ3v) is 5.01. The van der Waals surface area contributed by atoms with Crippen molar-refractivity contribution in [3.63, 3.8) is 0 Å². The number of pyridine rings is 1. The van der Waals surface area contributed by atoms with E-state index >= 15 is 0 Å². The molecule has 8 heteroatoms. The zero-order chi connectivity index (χ0) is 21.6. The first-order chi connectivity index (χ1) is 14.1. The number of aromatic nitrogens is 1. The molecule has 1 fully saturated rings. The van der Waals surface area contributed by atoms with E-state index in [0.29, 0.717) is 36.5 Å². The Morgan fingerprint density at radius 3 is 2.73 bits per heavy atom. The molecule has 2 aliphatic heterocycles. The second-order valence-corrected chi connectivity index (χ2v) is 8.49. The van der Waals surface area contributed by atoms with Gasteiger partial charge in [-0.1, -0.05) is 0 Å². The largest absolute Gasteiger partial charge is 0.485 e. The number of anilines is 2. The van der Waals surface area contributed by atoms with Crippen LogP contribution in [-0.2, 0) is 9.53 Å². The number of nitrogens with one attached hydrogen (secondary N) is 1. The number of carbonyl (C=O) groups excluding carboxylic acids is 2. The summed E-state index contributed by atoms with van der Waals surface area (Å²) in [6, 6.07) is 4.66. The highest BCUT2D eigenvalue weighted by Gasteiger charge is 2.30. The first-order valence-electron chi connectivity index (χ1n) is 9.93. The van der Waals surface area contributed by atoms with E-state index in [0.717, 1.165) is 11.1 Å². The summed E-state index contributed by atoms with van der Waals surface area (Å²) in [6.45, 7) is 7.69. The van der Waals surface area contributed by atoms with Crippen LogP contribution < -0.4 is 15.0 Å². The average Bonchev–Trinajstić information content (AvgIpc) is 3.06. The Morgan fingerprint density at radius 2 is 2.07 bits per heavy atom. The van der Waals surface area contributed by atoms with Crippen LogP contribution in [0.1, 0.15) is 52.2 Å². The van der Waals surface area contributed by atoms with Gasteiger partial charge in [-0.05, 0) is 46.2 Å². The highest BCUT2D eigenvalue weighted by atomic mass is 19.1. The molecule has 2 aromatic rings. The molecule has 1 N–H and O–H groups in total. The van der Waals surface area contributed by atoms with E-state index in [1.54, 1.807) is 39.1 Å². The summed E-state index contributed by atoms with van der Waals surface area (Å²) in [5, 5.41) is 2.61. The minimum Gasteiger partial charge on any atom is -0.485 e. The van der Waals surface area contributed by atoms with Crippen molar-refractivity contribution in [1.82, 2.24) is 4.98 Å². The second kappa shape index (κ2) is 7.27. The van der Waals surface area contributed by atoms with Crippen LogP contribution in [0.3, 0.4) is 0 Å². The Hall–Kier alpha value is -3.16. The van der Waals surface area contributed by atoms with Crippen molar-refractivity contribution >= 4 is 23.5 Å². The molecule has 1 unspecified atom stereocenters. The maximum Gasteiger partial charge on any atom is 0.413 e. The smallest absolute Gasteiger partial charge is 0.413 e. The van der Waals surface area contributed by atoms with Gasteiger partial charge in [-0.2, -0.15) is 0 Å². The predicted molar refractivity (Wildman–Crippen MR) is 110 cm³/mol. The third-order valence-electron chi connectivity index (χ3n) is 5.01. The van der Waals surface area contributed by atoms with Crippen LogP contribution in [0.5, 0.6) is 5.75 Å². The number of nitrogens with zero attached hydrogens (tertiary/aromatic N) is 2. The molecular formula is C22H24FN3O4. The van der Waals surface area contributed by atoms with E-state index in [1.165, 1.54) is 11.0 Å². The molecule has 4 rings (SSSR count). The fourth-order valence-electron chi connectivity index (χ4n) is 3.72. The topological polar surface area (TPSA) is 80.8 Å². The minimum atomic E-state index is -0.625. The van der Waals surface area contributed by atoms with E-state index in [4.69, 9.17) is 9.47 Å². The van der Waals surface area contributed by atoms with Crippen molar-refractivity contribution in [3.8, 4) is 16.9 Å². The van der Waals surface area contributed by atoms with Crippen molar-refractivity contribution in [2.75, 3.05) is 16.8 Å². The summed E-state index contributed by atoms with van der Waals surface area (Å²) < 4.78 is 26.1. The number of ether oxygens (including phenoxy) is 2. The normalized spacial score (nSPS) is 17.8. The molecule has 1 saturated heterocycles.